The van der Waals surface area contributed by atoms with Crippen LogP contribution in [-0.2, 0) is 9.84 Å². The van der Waals surface area contributed by atoms with Gasteiger partial charge in [-0.2, -0.15) is 0 Å². The lowest BCUT2D eigenvalue weighted by atomic mass is 10.2. The van der Waals surface area contributed by atoms with Crippen molar-refractivity contribution >= 4 is 9.84 Å². The summed E-state index contributed by atoms with van der Waals surface area (Å²) < 4.78 is 23.5. The molecule has 0 amide bonds. The molecule has 0 aliphatic rings. The van der Waals surface area contributed by atoms with Crippen molar-refractivity contribution in [3.63, 3.8) is 0 Å². The fourth-order valence-corrected chi connectivity index (χ4v) is 2.35. The molecule has 0 fully saturated rings. The summed E-state index contributed by atoms with van der Waals surface area (Å²) in [7, 11) is -3.41. The second kappa shape index (κ2) is 4.59. The Balaban J connectivity index is 3.13. The molecule has 0 aliphatic heterocycles. The number of aliphatic hydroxyl groups excluding tert-OH is 1. The average molecular weight is 226 g/mol. The van der Waals surface area contributed by atoms with Crippen molar-refractivity contribution in [3.05, 3.63) is 40.8 Å². The minimum atomic E-state index is -3.41. The quantitative estimate of drug-likeness (QED) is 0.853. The van der Waals surface area contributed by atoms with Crippen LogP contribution >= 0.6 is 0 Å². The molecule has 0 saturated carbocycles. The molecule has 4 heteroatoms. The van der Waals surface area contributed by atoms with Crippen LogP contribution in [0.2, 0.25) is 0 Å². The van der Waals surface area contributed by atoms with E-state index in [-0.39, 0.29) is 11.5 Å². The van der Waals surface area contributed by atoms with E-state index in [1.807, 2.05) is 6.92 Å². The molecule has 0 bridgehead atoms. The Kier molecular flexibility index (Phi) is 3.66. The summed E-state index contributed by atoms with van der Waals surface area (Å²) >= 11 is 0. The van der Waals surface area contributed by atoms with Gasteiger partial charge >= 0.3 is 0 Å². The third-order valence-electron chi connectivity index (χ3n) is 1.96. The van der Waals surface area contributed by atoms with Gasteiger partial charge in [0.15, 0.2) is 9.84 Å². The van der Waals surface area contributed by atoms with Crippen molar-refractivity contribution in [1.29, 1.82) is 0 Å². The third kappa shape index (κ3) is 3.18. The molecule has 0 aromatic heterocycles. The fourth-order valence-electron chi connectivity index (χ4n) is 1.10. The largest absolute Gasteiger partial charge is 0.392 e. The van der Waals surface area contributed by atoms with Gasteiger partial charge in [0.05, 0.1) is 11.5 Å². The summed E-state index contributed by atoms with van der Waals surface area (Å²) in [5, 5.41) is 9.85. The van der Waals surface area contributed by atoms with Gasteiger partial charge in [-0.05, 0) is 31.6 Å². The Morgan fingerprint density at radius 2 is 1.87 bits per heavy atom. The first-order valence-corrected chi connectivity index (χ1v) is 6.10. The summed E-state index contributed by atoms with van der Waals surface area (Å²) in [6.07, 6.45) is 0. The lowest BCUT2D eigenvalue weighted by Gasteiger charge is -2.01. The first-order valence-electron chi connectivity index (χ1n) is 4.55. The lowest BCUT2D eigenvalue weighted by Crippen LogP contribution is -1.99. The second-order valence-corrected chi connectivity index (χ2v) is 5.28. The number of rotatable bonds is 3. The Labute approximate surface area is 90.0 Å². The van der Waals surface area contributed by atoms with Gasteiger partial charge in [-0.15, -0.1) is 0 Å². The van der Waals surface area contributed by atoms with Crippen LogP contribution in [0.5, 0.6) is 0 Å². The predicted octanol–water partition coefficient (Wildman–Crippen LogP) is 1.66. The van der Waals surface area contributed by atoms with Crippen LogP contribution in [0.1, 0.15) is 12.5 Å². The zero-order valence-electron chi connectivity index (χ0n) is 8.77. The van der Waals surface area contributed by atoms with Crippen molar-refractivity contribution in [2.24, 2.45) is 0 Å². The maximum absolute atomic E-state index is 11.7. The minimum Gasteiger partial charge on any atom is -0.392 e. The molecule has 1 aromatic rings. The van der Waals surface area contributed by atoms with Crippen LogP contribution in [-0.4, -0.2) is 20.1 Å². The van der Waals surface area contributed by atoms with Crippen LogP contribution in [0.15, 0.2) is 40.1 Å². The van der Waals surface area contributed by atoms with E-state index in [0.29, 0.717) is 5.57 Å². The van der Waals surface area contributed by atoms with E-state index < -0.39 is 9.84 Å². The summed E-state index contributed by atoms with van der Waals surface area (Å²) in [5.74, 6) is 0. The molecule has 0 saturated heterocycles. The monoisotopic (exact) mass is 226 g/mol. The Bertz CT molecular complexity index is 455. The van der Waals surface area contributed by atoms with Crippen LogP contribution in [0, 0.1) is 6.92 Å². The van der Waals surface area contributed by atoms with Crippen molar-refractivity contribution in [2.45, 2.75) is 18.7 Å². The maximum atomic E-state index is 11.7. The molecular weight excluding hydrogens is 212 g/mol. The molecule has 0 radical (unpaired) electrons. The molecule has 0 spiro atoms. The smallest absolute Gasteiger partial charge is 0.199 e. The van der Waals surface area contributed by atoms with Crippen molar-refractivity contribution < 1.29 is 13.5 Å². The van der Waals surface area contributed by atoms with Gasteiger partial charge in [0.25, 0.3) is 0 Å². The predicted molar refractivity (Wildman–Crippen MR) is 59.2 cm³/mol. The number of hydrogen-bond donors (Lipinski definition) is 1. The molecule has 3 nitrogen and oxygen atoms in total. The number of sulfone groups is 1. The average Bonchev–Trinajstić information content (AvgIpc) is 2.17. The zero-order valence-corrected chi connectivity index (χ0v) is 9.58. The zero-order chi connectivity index (χ0) is 11.5. The van der Waals surface area contributed by atoms with Crippen molar-refractivity contribution in [3.8, 4) is 0 Å². The summed E-state index contributed by atoms with van der Waals surface area (Å²) in [5.41, 5.74) is 1.44. The molecule has 82 valence electrons. The fraction of sp³-hybridized carbons (Fsp3) is 0.273. The van der Waals surface area contributed by atoms with Gasteiger partial charge < -0.3 is 5.11 Å². The highest BCUT2D eigenvalue weighted by Gasteiger charge is 2.10. The normalized spacial score (nSPS) is 12.9. The van der Waals surface area contributed by atoms with Crippen LogP contribution < -0.4 is 0 Å². The van der Waals surface area contributed by atoms with Crippen molar-refractivity contribution in [1.82, 2.24) is 0 Å². The van der Waals surface area contributed by atoms with E-state index in [1.54, 1.807) is 31.2 Å². The van der Waals surface area contributed by atoms with Crippen LogP contribution in [0.4, 0.5) is 0 Å². The highest BCUT2D eigenvalue weighted by atomic mass is 32.2. The highest BCUT2D eigenvalue weighted by Crippen LogP contribution is 2.14. The number of benzene rings is 1. The molecule has 0 unspecified atom stereocenters. The van der Waals surface area contributed by atoms with E-state index in [4.69, 9.17) is 5.11 Å². The summed E-state index contributed by atoms with van der Waals surface area (Å²) in [6.45, 7) is 3.22. The molecule has 0 aliphatic carbocycles. The molecule has 15 heavy (non-hydrogen) atoms. The topological polar surface area (TPSA) is 54.4 Å². The van der Waals surface area contributed by atoms with E-state index in [9.17, 15) is 8.42 Å². The van der Waals surface area contributed by atoms with E-state index in [1.165, 1.54) is 0 Å². The van der Waals surface area contributed by atoms with Gasteiger partial charge in [-0.3, -0.25) is 0 Å². The molecule has 1 N–H and O–H groups in total. The maximum Gasteiger partial charge on any atom is 0.199 e. The Morgan fingerprint density at radius 3 is 2.33 bits per heavy atom. The van der Waals surface area contributed by atoms with Gasteiger partial charge in [-0.1, -0.05) is 17.7 Å². The van der Waals surface area contributed by atoms with Gasteiger partial charge in [0, 0.05) is 5.41 Å². The molecular formula is C11H14O3S. The van der Waals surface area contributed by atoms with Gasteiger partial charge in [0.1, 0.15) is 0 Å². The minimum absolute atomic E-state index is 0.245. The molecule has 1 rings (SSSR count). The van der Waals surface area contributed by atoms with Gasteiger partial charge in [-0.25, -0.2) is 8.42 Å². The SMILES string of the molecule is CC(=CS(=O)(=O)c1ccc(C)cc1)CO. The highest BCUT2D eigenvalue weighted by molar-refractivity contribution is 7.94. The third-order valence-corrected chi connectivity index (χ3v) is 3.60. The second-order valence-electron chi connectivity index (χ2n) is 3.48. The molecule has 0 atom stereocenters. The number of hydrogen-bond acceptors (Lipinski definition) is 3. The van der Waals surface area contributed by atoms with Gasteiger partial charge in [0.2, 0.25) is 0 Å². The molecule has 0 heterocycles. The Morgan fingerprint density at radius 1 is 1.33 bits per heavy atom. The Hall–Kier alpha value is -1.13. The number of aliphatic hydroxyl groups is 1. The molecule has 1 aromatic carbocycles. The summed E-state index contributed by atoms with van der Waals surface area (Å²) in [6, 6.07) is 6.61. The standard InChI is InChI=1S/C11H14O3S/c1-9-3-5-11(6-4-9)15(13,14)8-10(2)7-12/h3-6,8,12H,7H2,1-2H3. The number of aryl methyl sites for hydroxylation is 1. The lowest BCUT2D eigenvalue weighted by molar-refractivity contribution is 0.331. The summed E-state index contributed by atoms with van der Waals surface area (Å²) in [4.78, 5) is 0.251. The van der Waals surface area contributed by atoms with E-state index in [0.717, 1.165) is 11.0 Å². The van der Waals surface area contributed by atoms with Crippen LogP contribution in [0.3, 0.4) is 0 Å². The van der Waals surface area contributed by atoms with E-state index in [2.05, 4.69) is 0 Å². The van der Waals surface area contributed by atoms with Crippen molar-refractivity contribution in [2.75, 3.05) is 6.61 Å². The van der Waals surface area contributed by atoms with Crippen LogP contribution in [0.25, 0.3) is 0 Å². The first kappa shape index (κ1) is 11.9. The first-order chi connectivity index (χ1) is 6.95. The van der Waals surface area contributed by atoms with E-state index >= 15 is 0 Å².